The van der Waals surface area contributed by atoms with E-state index in [-0.39, 0.29) is 22.2 Å². The molecule has 2 amide bonds. The first-order valence-electron chi connectivity index (χ1n) is 8.84. The number of carbonyl (C=O) groups is 1. The van der Waals surface area contributed by atoms with Crippen LogP contribution in [0.3, 0.4) is 0 Å². The maximum Gasteiger partial charge on any atom is 0.315 e. The second-order valence-corrected chi connectivity index (χ2v) is 10.1. The van der Waals surface area contributed by atoms with Gasteiger partial charge in [0, 0.05) is 45.9 Å². The molecule has 0 bridgehead atoms. The average Bonchev–Trinajstić information content (AvgIpc) is 2.97. The lowest BCUT2D eigenvalue weighted by atomic mass is 9.60. The van der Waals surface area contributed by atoms with Gasteiger partial charge in [0.05, 0.1) is 6.10 Å². The fourth-order valence-electron chi connectivity index (χ4n) is 3.86. The molecule has 0 aromatic rings. The van der Waals surface area contributed by atoms with Crippen LogP contribution in [0.25, 0.3) is 0 Å². The molecule has 2 rings (SSSR count). The average molecular weight is 345 g/mol. The van der Waals surface area contributed by atoms with Gasteiger partial charge in [0.15, 0.2) is 0 Å². The van der Waals surface area contributed by atoms with Crippen molar-refractivity contribution in [3.63, 3.8) is 0 Å². The smallest absolute Gasteiger partial charge is 0.315 e. The van der Waals surface area contributed by atoms with Crippen LogP contribution in [0.4, 0.5) is 4.79 Å². The summed E-state index contributed by atoms with van der Waals surface area (Å²) >= 11 is 0. The molecule has 0 radical (unpaired) electrons. The van der Waals surface area contributed by atoms with Crippen LogP contribution >= 0.6 is 0 Å². The molecular weight excluding hydrogens is 312 g/mol. The lowest BCUT2D eigenvalue weighted by Crippen LogP contribution is -2.64. The highest BCUT2D eigenvalue weighted by molar-refractivity contribution is 7.86. The third kappa shape index (κ3) is 4.27. The van der Waals surface area contributed by atoms with Crippen LogP contribution in [0, 0.1) is 5.41 Å². The van der Waals surface area contributed by atoms with Gasteiger partial charge in [-0.15, -0.1) is 0 Å². The minimum absolute atomic E-state index is 0.137. The Labute approximate surface area is 142 Å². The summed E-state index contributed by atoms with van der Waals surface area (Å²) in [6.07, 6.45) is 5.97. The molecule has 2 fully saturated rings. The predicted octanol–water partition coefficient (Wildman–Crippen LogP) is 2.57. The first kappa shape index (κ1) is 18.7. The summed E-state index contributed by atoms with van der Waals surface area (Å²) in [5.41, 5.74) is 0.154. The zero-order valence-corrected chi connectivity index (χ0v) is 15.8. The molecule has 2 N–H and O–H groups in total. The van der Waals surface area contributed by atoms with Crippen LogP contribution in [-0.2, 0) is 15.5 Å². The second kappa shape index (κ2) is 7.51. The molecule has 2 saturated carbocycles. The summed E-state index contributed by atoms with van der Waals surface area (Å²) in [6.45, 7) is 9.08. The largest absolute Gasteiger partial charge is 0.378 e. The Morgan fingerprint density at radius 3 is 2.52 bits per heavy atom. The van der Waals surface area contributed by atoms with E-state index in [1.165, 1.54) is 12.8 Å². The summed E-state index contributed by atoms with van der Waals surface area (Å²) in [6, 6.07) is 0.0804. The molecular formula is C17H32N2O3S. The maximum atomic E-state index is 12.1. The summed E-state index contributed by atoms with van der Waals surface area (Å²) in [5, 5.41) is 5.98. The van der Waals surface area contributed by atoms with E-state index in [9.17, 15) is 9.00 Å². The molecule has 2 aliphatic rings. The lowest BCUT2D eigenvalue weighted by Gasteiger charge is -2.53. The number of amides is 2. The van der Waals surface area contributed by atoms with Crippen molar-refractivity contribution in [2.75, 3.05) is 18.9 Å². The van der Waals surface area contributed by atoms with Crippen molar-refractivity contribution < 1.29 is 13.7 Å². The quantitative estimate of drug-likeness (QED) is 0.778. The highest BCUT2D eigenvalue weighted by Gasteiger charge is 2.57. The SMILES string of the molecule is CCOC1CC(NC(=O)NCCS(=O)C(C)(C)C)C12CCCC2. The number of carbonyl (C=O) groups excluding carboxylic acids is 1. The molecule has 5 nitrogen and oxygen atoms in total. The fraction of sp³-hybridized carbons (Fsp3) is 0.941. The van der Waals surface area contributed by atoms with Gasteiger partial charge in [-0.05, 0) is 47.0 Å². The van der Waals surface area contributed by atoms with E-state index in [1.54, 1.807) is 0 Å². The minimum Gasteiger partial charge on any atom is -0.378 e. The van der Waals surface area contributed by atoms with Crippen LogP contribution in [0.15, 0.2) is 0 Å². The van der Waals surface area contributed by atoms with Crippen molar-refractivity contribution in [2.45, 2.75) is 76.7 Å². The Hall–Kier alpha value is -0.620. The van der Waals surface area contributed by atoms with Crippen molar-refractivity contribution in [3.05, 3.63) is 0 Å². The van der Waals surface area contributed by atoms with Crippen LogP contribution in [-0.4, -0.2) is 46.0 Å². The lowest BCUT2D eigenvalue weighted by molar-refractivity contribution is -0.126. The third-order valence-electron chi connectivity index (χ3n) is 5.25. The van der Waals surface area contributed by atoms with Gasteiger partial charge in [-0.3, -0.25) is 4.21 Å². The minimum atomic E-state index is -0.934. The van der Waals surface area contributed by atoms with Gasteiger partial charge < -0.3 is 15.4 Å². The van der Waals surface area contributed by atoms with E-state index in [2.05, 4.69) is 10.6 Å². The summed E-state index contributed by atoms with van der Waals surface area (Å²) in [7, 11) is -0.934. The van der Waals surface area contributed by atoms with Crippen molar-refractivity contribution >= 4 is 16.8 Å². The van der Waals surface area contributed by atoms with Gasteiger partial charge in [-0.1, -0.05) is 12.8 Å². The van der Waals surface area contributed by atoms with Gasteiger partial charge in [0.25, 0.3) is 0 Å². The molecule has 2 aliphatic carbocycles. The van der Waals surface area contributed by atoms with Crippen LogP contribution in [0.2, 0.25) is 0 Å². The van der Waals surface area contributed by atoms with E-state index in [0.29, 0.717) is 18.4 Å². The molecule has 1 spiro atoms. The highest BCUT2D eigenvalue weighted by Crippen LogP contribution is 2.54. The number of hydrogen-bond donors (Lipinski definition) is 2. The van der Waals surface area contributed by atoms with Gasteiger partial charge in [0.1, 0.15) is 0 Å². The van der Waals surface area contributed by atoms with E-state index in [4.69, 9.17) is 4.74 Å². The summed E-state index contributed by atoms with van der Waals surface area (Å²) in [5.74, 6) is 0.494. The molecule has 134 valence electrons. The van der Waals surface area contributed by atoms with Crippen molar-refractivity contribution in [3.8, 4) is 0 Å². The number of rotatable bonds is 6. The molecule has 6 heteroatoms. The van der Waals surface area contributed by atoms with Crippen LogP contribution in [0.1, 0.15) is 59.8 Å². The second-order valence-electron chi connectivity index (χ2n) is 7.73. The first-order chi connectivity index (χ1) is 10.8. The zero-order valence-electron chi connectivity index (χ0n) is 14.9. The molecule has 0 heterocycles. The normalized spacial score (nSPS) is 27.5. The molecule has 3 atom stereocenters. The van der Waals surface area contributed by atoms with Gasteiger partial charge in [-0.2, -0.15) is 0 Å². The van der Waals surface area contributed by atoms with Gasteiger partial charge in [-0.25, -0.2) is 4.79 Å². The molecule has 0 saturated heterocycles. The van der Waals surface area contributed by atoms with E-state index in [1.807, 2.05) is 27.7 Å². The monoisotopic (exact) mass is 344 g/mol. The molecule has 0 aromatic carbocycles. The molecule has 0 aromatic heterocycles. The van der Waals surface area contributed by atoms with Crippen molar-refractivity contribution in [1.29, 1.82) is 0 Å². The Morgan fingerprint density at radius 1 is 1.30 bits per heavy atom. The van der Waals surface area contributed by atoms with Gasteiger partial charge >= 0.3 is 6.03 Å². The molecule has 3 unspecified atom stereocenters. The molecule has 23 heavy (non-hydrogen) atoms. The number of urea groups is 1. The Bertz CT molecular complexity index is 442. The van der Waals surface area contributed by atoms with Crippen LogP contribution < -0.4 is 10.6 Å². The Balaban J connectivity index is 1.76. The number of nitrogens with one attached hydrogen (secondary N) is 2. The van der Waals surface area contributed by atoms with E-state index >= 15 is 0 Å². The standard InChI is InChI=1S/C17H32N2O3S/c1-5-22-14-12-13(17(14)8-6-7-9-17)19-15(20)18-10-11-23(21)16(2,3)4/h13-14H,5-12H2,1-4H3,(H2,18,19,20). The molecule has 0 aliphatic heterocycles. The third-order valence-corrected chi connectivity index (χ3v) is 7.19. The number of ether oxygens (including phenoxy) is 1. The first-order valence-corrected chi connectivity index (χ1v) is 10.2. The predicted molar refractivity (Wildman–Crippen MR) is 94.0 cm³/mol. The Kier molecular flexibility index (Phi) is 6.11. The summed E-state index contributed by atoms with van der Waals surface area (Å²) < 4.78 is 17.6. The zero-order chi connectivity index (χ0) is 17.1. The highest BCUT2D eigenvalue weighted by atomic mass is 32.2. The number of hydrogen-bond acceptors (Lipinski definition) is 3. The van der Waals surface area contributed by atoms with Gasteiger partial charge in [0.2, 0.25) is 0 Å². The maximum absolute atomic E-state index is 12.1. The topological polar surface area (TPSA) is 67.4 Å². The van der Waals surface area contributed by atoms with Crippen molar-refractivity contribution in [2.24, 2.45) is 5.41 Å². The van der Waals surface area contributed by atoms with Crippen molar-refractivity contribution in [1.82, 2.24) is 10.6 Å². The van der Waals surface area contributed by atoms with E-state index in [0.717, 1.165) is 25.9 Å². The van der Waals surface area contributed by atoms with Crippen LogP contribution in [0.5, 0.6) is 0 Å². The summed E-state index contributed by atoms with van der Waals surface area (Å²) in [4.78, 5) is 12.1. The fourth-order valence-corrected chi connectivity index (χ4v) is 4.76. The van der Waals surface area contributed by atoms with E-state index < -0.39 is 10.8 Å². The Morgan fingerprint density at radius 2 is 1.96 bits per heavy atom.